The molecule has 0 aliphatic rings. The minimum atomic E-state index is -3.42. The largest absolute Gasteiger partial charge is 0.481 e. The van der Waals surface area contributed by atoms with E-state index in [1.54, 1.807) is 12.1 Å². The molecule has 122 valence electrons. The number of carbonyl (C=O) groups is 2. The van der Waals surface area contributed by atoms with Crippen molar-refractivity contribution >= 4 is 21.8 Å². The Morgan fingerprint density at radius 2 is 1.82 bits per heavy atom. The van der Waals surface area contributed by atoms with Gasteiger partial charge in [0.1, 0.15) is 0 Å². The molecule has 0 aliphatic carbocycles. The molecule has 0 amide bonds. The molecule has 0 saturated heterocycles. The average molecular weight is 329 g/mol. The first-order valence-corrected chi connectivity index (χ1v) is 8.64. The molecular formula is C14H19NO6S. The van der Waals surface area contributed by atoms with Crippen molar-refractivity contribution in [1.29, 1.82) is 0 Å². The zero-order chi connectivity index (χ0) is 16.8. The minimum absolute atomic E-state index is 0.0974. The molecule has 1 rings (SSSR count). The molecule has 1 aromatic rings. The minimum Gasteiger partial charge on any atom is -0.481 e. The maximum absolute atomic E-state index is 11.9. The molecule has 2 atom stereocenters. The van der Waals surface area contributed by atoms with Crippen molar-refractivity contribution in [2.24, 2.45) is 5.92 Å². The number of rotatable bonds is 9. The van der Waals surface area contributed by atoms with Crippen molar-refractivity contribution in [3.63, 3.8) is 0 Å². The van der Waals surface area contributed by atoms with Crippen LogP contribution in [0.5, 0.6) is 0 Å². The lowest BCUT2D eigenvalue weighted by Gasteiger charge is -2.23. The van der Waals surface area contributed by atoms with E-state index >= 15 is 0 Å². The predicted octanol–water partition coefficient (Wildman–Crippen LogP) is 1.17. The fraction of sp³-hybridized carbons (Fsp3) is 0.500. The van der Waals surface area contributed by atoms with E-state index in [2.05, 4.69) is 4.98 Å². The van der Waals surface area contributed by atoms with Gasteiger partial charge < -0.3 is 10.2 Å². The van der Waals surface area contributed by atoms with Crippen LogP contribution < -0.4 is 0 Å². The third kappa shape index (κ3) is 5.44. The van der Waals surface area contributed by atoms with Gasteiger partial charge in [0, 0.05) is 30.5 Å². The second-order valence-corrected chi connectivity index (χ2v) is 7.36. The van der Waals surface area contributed by atoms with Gasteiger partial charge in [-0.25, -0.2) is 8.42 Å². The molecule has 0 spiro atoms. The topological polar surface area (TPSA) is 122 Å². The summed E-state index contributed by atoms with van der Waals surface area (Å²) in [6.07, 6.45) is 2.45. The maximum Gasteiger partial charge on any atom is 0.307 e. The molecule has 0 bridgehead atoms. The van der Waals surface area contributed by atoms with Crippen molar-refractivity contribution in [2.75, 3.05) is 11.5 Å². The Balaban J connectivity index is 3.15. The molecule has 8 heteroatoms. The highest BCUT2D eigenvalue weighted by atomic mass is 32.2. The molecule has 0 aromatic carbocycles. The van der Waals surface area contributed by atoms with E-state index in [4.69, 9.17) is 5.11 Å². The van der Waals surface area contributed by atoms with Gasteiger partial charge >= 0.3 is 11.9 Å². The third-order valence-electron chi connectivity index (χ3n) is 3.48. The Labute approximate surface area is 128 Å². The normalized spacial score (nSPS) is 14.2. The first kappa shape index (κ1) is 18.1. The Morgan fingerprint density at radius 1 is 1.23 bits per heavy atom. The molecule has 1 heterocycles. The molecular weight excluding hydrogens is 310 g/mol. The van der Waals surface area contributed by atoms with Crippen LogP contribution in [0.25, 0.3) is 0 Å². The Bertz CT molecular complexity index is 613. The molecule has 1 aromatic heterocycles. The number of carboxylic acids is 2. The Morgan fingerprint density at radius 3 is 2.27 bits per heavy atom. The van der Waals surface area contributed by atoms with E-state index in [0.29, 0.717) is 5.56 Å². The van der Waals surface area contributed by atoms with Crippen molar-refractivity contribution in [3.05, 3.63) is 30.1 Å². The van der Waals surface area contributed by atoms with Crippen LogP contribution in [0.15, 0.2) is 24.5 Å². The molecule has 22 heavy (non-hydrogen) atoms. The Hall–Kier alpha value is -1.96. The number of carboxylic acid groups (broad SMARTS) is 2. The van der Waals surface area contributed by atoms with E-state index in [0.717, 1.165) is 0 Å². The lowest BCUT2D eigenvalue weighted by Crippen LogP contribution is -2.29. The summed E-state index contributed by atoms with van der Waals surface area (Å²) in [6.45, 7) is 1.49. The number of sulfone groups is 1. The van der Waals surface area contributed by atoms with Gasteiger partial charge in [-0.2, -0.15) is 0 Å². The van der Waals surface area contributed by atoms with Gasteiger partial charge in [0.25, 0.3) is 0 Å². The number of aromatic nitrogens is 1. The van der Waals surface area contributed by atoms with Gasteiger partial charge in [0.15, 0.2) is 9.84 Å². The van der Waals surface area contributed by atoms with Crippen LogP contribution in [0.3, 0.4) is 0 Å². The summed E-state index contributed by atoms with van der Waals surface area (Å²) >= 11 is 0. The second kappa shape index (κ2) is 7.88. The van der Waals surface area contributed by atoms with Gasteiger partial charge in [0.05, 0.1) is 11.7 Å². The van der Waals surface area contributed by atoms with Gasteiger partial charge in [0.2, 0.25) is 0 Å². The highest BCUT2D eigenvalue weighted by Gasteiger charge is 2.33. The molecule has 0 fully saturated rings. The molecule has 0 aliphatic heterocycles. The fourth-order valence-electron chi connectivity index (χ4n) is 2.22. The lowest BCUT2D eigenvalue weighted by atomic mass is 9.85. The van der Waals surface area contributed by atoms with Gasteiger partial charge in [-0.1, -0.05) is 6.92 Å². The smallest absolute Gasteiger partial charge is 0.307 e. The van der Waals surface area contributed by atoms with E-state index in [9.17, 15) is 23.1 Å². The van der Waals surface area contributed by atoms with Crippen molar-refractivity contribution in [3.8, 4) is 0 Å². The number of pyridine rings is 1. The zero-order valence-electron chi connectivity index (χ0n) is 12.2. The van der Waals surface area contributed by atoms with E-state index in [-0.39, 0.29) is 24.3 Å². The van der Waals surface area contributed by atoms with E-state index in [1.807, 2.05) is 0 Å². The van der Waals surface area contributed by atoms with E-state index < -0.39 is 33.6 Å². The SMILES string of the molecule is CCS(=O)(=O)CC(c1ccncc1)C(CCC(=O)O)C(=O)O. The molecule has 2 unspecified atom stereocenters. The number of hydrogen-bond acceptors (Lipinski definition) is 5. The summed E-state index contributed by atoms with van der Waals surface area (Å²) in [5, 5.41) is 18.1. The Kier molecular flexibility index (Phi) is 6.48. The quantitative estimate of drug-likeness (QED) is 0.697. The lowest BCUT2D eigenvalue weighted by molar-refractivity contribution is -0.143. The average Bonchev–Trinajstić information content (AvgIpc) is 2.46. The van der Waals surface area contributed by atoms with Crippen LogP contribution in [-0.4, -0.2) is 47.1 Å². The van der Waals surface area contributed by atoms with Gasteiger partial charge in [-0.05, 0) is 24.1 Å². The van der Waals surface area contributed by atoms with Crippen LogP contribution >= 0.6 is 0 Å². The summed E-state index contributed by atoms with van der Waals surface area (Å²) in [7, 11) is -3.42. The second-order valence-electron chi connectivity index (χ2n) is 4.96. The first-order chi connectivity index (χ1) is 10.3. The van der Waals surface area contributed by atoms with Crippen LogP contribution in [0, 0.1) is 5.92 Å². The van der Waals surface area contributed by atoms with Crippen LogP contribution in [0.1, 0.15) is 31.2 Å². The van der Waals surface area contributed by atoms with Crippen LogP contribution in [0.2, 0.25) is 0 Å². The monoisotopic (exact) mass is 329 g/mol. The van der Waals surface area contributed by atoms with E-state index in [1.165, 1.54) is 19.3 Å². The fourth-order valence-corrected chi connectivity index (χ4v) is 3.43. The predicted molar refractivity (Wildman–Crippen MR) is 79.3 cm³/mol. The number of nitrogens with zero attached hydrogens (tertiary/aromatic N) is 1. The zero-order valence-corrected chi connectivity index (χ0v) is 13.0. The third-order valence-corrected chi connectivity index (χ3v) is 5.23. The van der Waals surface area contributed by atoms with Crippen LogP contribution in [0.4, 0.5) is 0 Å². The molecule has 0 saturated carbocycles. The van der Waals surface area contributed by atoms with Crippen LogP contribution in [-0.2, 0) is 19.4 Å². The maximum atomic E-state index is 11.9. The number of hydrogen-bond donors (Lipinski definition) is 2. The van der Waals surface area contributed by atoms with Gasteiger partial charge in [-0.15, -0.1) is 0 Å². The standard InChI is InChI=1S/C14H19NO6S/c1-2-22(20,21)9-12(10-5-7-15-8-6-10)11(14(18)19)3-4-13(16)17/h5-8,11-12H,2-4,9H2,1H3,(H,16,17)(H,18,19). The van der Waals surface area contributed by atoms with Gasteiger partial charge in [-0.3, -0.25) is 14.6 Å². The van der Waals surface area contributed by atoms with Crippen molar-refractivity contribution in [2.45, 2.75) is 25.7 Å². The first-order valence-electron chi connectivity index (χ1n) is 6.81. The van der Waals surface area contributed by atoms with Crippen molar-refractivity contribution < 1.29 is 28.2 Å². The summed E-state index contributed by atoms with van der Waals surface area (Å²) in [5.41, 5.74) is 0.532. The summed E-state index contributed by atoms with van der Waals surface area (Å²) in [4.78, 5) is 26.0. The summed E-state index contributed by atoms with van der Waals surface area (Å²) in [6, 6.07) is 3.12. The highest BCUT2D eigenvalue weighted by molar-refractivity contribution is 7.91. The summed E-state index contributed by atoms with van der Waals surface area (Å²) in [5.74, 6) is -4.62. The summed E-state index contributed by atoms with van der Waals surface area (Å²) < 4.78 is 23.8. The molecule has 2 N–H and O–H groups in total. The molecule has 7 nitrogen and oxygen atoms in total. The number of aliphatic carboxylic acids is 2. The highest BCUT2D eigenvalue weighted by Crippen LogP contribution is 2.30. The van der Waals surface area contributed by atoms with Crippen molar-refractivity contribution in [1.82, 2.24) is 4.98 Å². The molecule has 0 radical (unpaired) electrons.